The van der Waals surface area contributed by atoms with Gasteiger partial charge in [-0.25, -0.2) is 9.78 Å². The second kappa shape index (κ2) is 6.18. The van der Waals surface area contributed by atoms with Crippen molar-refractivity contribution in [3.63, 3.8) is 0 Å². The fraction of sp³-hybridized carbons (Fsp3) is 0.429. The minimum Gasteiger partial charge on any atom is -0.461 e. The van der Waals surface area contributed by atoms with E-state index in [2.05, 4.69) is 15.2 Å². The summed E-state index contributed by atoms with van der Waals surface area (Å²) in [4.78, 5) is 18.1. The number of aromatic nitrogens is 3. The molecule has 22 heavy (non-hydrogen) atoms. The van der Waals surface area contributed by atoms with Gasteiger partial charge in [0.05, 0.1) is 6.61 Å². The molecular formula is C14H15ClN4O2S. The van der Waals surface area contributed by atoms with E-state index in [0.29, 0.717) is 17.5 Å². The van der Waals surface area contributed by atoms with Gasteiger partial charge in [-0.1, -0.05) is 11.6 Å². The molecule has 1 aliphatic rings. The van der Waals surface area contributed by atoms with Gasteiger partial charge in [0.1, 0.15) is 0 Å². The van der Waals surface area contributed by atoms with Gasteiger partial charge >= 0.3 is 5.97 Å². The van der Waals surface area contributed by atoms with Gasteiger partial charge < -0.3 is 9.64 Å². The molecule has 0 amide bonds. The minimum absolute atomic E-state index is 0.326. The first kappa shape index (κ1) is 15.2. The second-order valence-electron chi connectivity index (χ2n) is 4.91. The van der Waals surface area contributed by atoms with Crippen LogP contribution in [0.2, 0.25) is 5.15 Å². The van der Waals surface area contributed by atoms with Gasteiger partial charge in [0.15, 0.2) is 21.8 Å². The number of nitrogens with zero attached hydrogens (tertiary/aromatic N) is 4. The molecule has 0 bridgehead atoms. The highest BCUT2D eigenvalue weighted by molar-refractivity contribution is 7.14. The molecule has 3 heterocycles. The zero-order chi connectivity index (χ0) is 15.7. The summed E-state index contributed by atoms with van der Waals surface area (Å²) >= 11 is 7.45. The molecule has 0 spiro atoms. The number of hydrogen-bond acceptors (Lipinski definition) is 7. The standard InChI is InChI=1S/C14H15ClN4O2S/c1-3-21-13(20)10-7-22-14(16-10)19-6-4-5-9-8(2)11(15)17-18-12(9)19/h7H,3-6H2,1-2H3. The molecular weight excluding hydrogens is 324 g/mol. The van der Waals surface area contributed by atoms with Crippen LogP contribution in [0.25, 0.3) is 0 Å². The van der Waals surface area contributed by atoms with Crippen LogP contribution in [0, 0.1) is 6.92 Å². The number of esters is 1. The Bertz CT molecular complexity index is 719. The van der Waals surface area contributed by atoms with Crippen molar-refractivity contribution in [2.24, 2.45) is 0 Å². The fourth-order valence-electron chi connectivity index (χ4n) is 2.43. The van der Waals surface area contributed by atoms with Gasteiger partial charge in [0.2, 0.25) is 0 Å². The Morgan fingerprint density at radius 3 is 3.09 bits per heavy atom. The third kappa shape index (κ3) is 2.66. The van der Waals surface area contributed by atoms with E-state index in [0.717, 1.165) is 41.5 Å². The molecule has 0 aromatic carbocycles. The van der Waals surface area contributed by atoms with Gasteiger partial charge in [0.25, 0.3) is 0 Å². The highest BCUT2D eigenvalue weighted by Crippen LogP contribution is 2.36. The summed E-state index contributed by atoms with van der Waals surface area (Å²) in [6.45, 7) is 4.85. The monoisotopic (exact) mass is 338 g/mol. The van der Waals surface area contributed by atoms with Gasteiger partial charge in [-0.15, -0.1) is 21.5 Å². The summed E-state index contributed by atoms with van der Waals surface area (Å²) in [6, 6.07) is 0. The lowest BCUT2D eigenvalue weighted by Gasteiger charge is -2.28. The topological polar surface area (TPSA) is 68.2 Å². The summed E-state index contributed by atoms with van der Waals surface area (Å²) in [5.74, 6) is 0.374. The Hall–Kier alpha value is -1.73. The van der Waals surface area contributed by atoms with E-state index < -0.39 is 5.97 Å². The molecule has 0 unspecified atom stereocenters. The molecule has 0 N–H and O–H groups in total. The Morgan fingerprint density at radius 2 is 2.32 bits per heavy atom. The Labute approximate surface area is 137 Å². The molecule has 0 saturated carbocycles. The van der Waals surface area contributed by atoms with Crippen LogP contribution in [0.5, 0.6) is 0 Å². The predicted molar refractivity (Wildman–Crippen MR) is 85.2 cm³/mol. The number of rotatable bonds is 3. The van der Waals surface area contributed by atoms with Gasteiger partial charge in [-0.2, -0.15) is 0 Å². The third-order valence-corrected chi connectivity index (χ3v) is 4.76. The van der Waals surface area contributed by atoms with Crippen molar-refractivity contribution in [1.82, 2.24) is 15.2 Å². The van der Waals surface area contributed by atoms with Crippen molar-refractivity contribution in [3.8, 4) is 0 Å². The largest absolute Gasteiger partial charge is 0.461 e. The van der Waals surface area contributed by atoms with E-state index >= 15 is 0 Å². The summed E-state index contributed by atoms with van der Waals surface area (Å²) in [5, 5.41) is 11.1. The number of hydrogen-bond donors (Lipinski definition) is 0. The summed E-state index contributed by atoms with van der Waals surface area (Å²) in [5.41, 5.74) is 2.38. The maximum Gasteiger partial charge on any atom is 0.357 e. The van der Waals surface area contributed by atoms with Crippen molar-refractivity contribution in [1.29, 1.82) is 0 Å². The first-order chi connectivity index (χ1) is 10.6. The summed E-state index contributed by atoms with van der Waals surface area (Å²) in [6.07, 6.45) is 1.90. The van der Waals surface area contributed by atoms with E-state index in [4.69, 9.17) is 16.3 Å². The zero-order valence-corrected chi connectivity index (χ0v) is 13.9. The SMILES string of the molecule is CCOC(=O)c1csc(N2CCCc3c2nnc(Cl)c3C)n1. The average molecular weight is 339 g/mol. The molecule has 0 fully saturated rings. The van der Waals surface area contributed by atoms with Crippen LogP contribution in [0.15, 0.2) is 5.38 Å². The van der Waals surface area contributed by atoms with E-state index in [1.54, 1.807) is 12.3 Å². The lowest BCUT2D eigenvalue weighted by Crippen LogP contribution is -2.27. The number of anilines is 2. The maximum absolute atomic E-state index is 11.7. The van der Waals surface area contributed by atoms with Crippen molar-refractivity contribution >= 4 is 39.9 Å². The molecule has 2 aromatic heterocycles. The first-order valence-electron chi connectivity index (χ1n) is 7.03. The van der Waals surface area contributed by atoms with Crippen LogP contribution in [-0.4, -0.2) is 34.3 Å². The molecule has 0 aliphatic carbocycles. The smallest absolute Gasteiger partial charge is 0.357 e. The lowest BCUT2D eigenvalue weighted by molar-refractivity contribution is 0.0520. The number of fused-ring (bicyclic) bond motifs is 1. The van der Waals surface area contributed by atoms with Crippen LogP contribution >= 0.6 is 22.9 Å². The second-order valence-corrected chi connectivity index (χ2v) is 6.10. The van der Waals surface area contributed by atoms with E-state index in [9.17, 15) is 4.79 Å². The molecule has 3 rings (SSSR count). The Balaban J connectivity index is 1.95. The number of ether oxygens (including phenoxy) is 1. The van der Waals surface area contributed by atoms with Crippen LogP contribution in [-0.2, 0) is 11.2 Å². The number of thiazole rings is 1. The quantitative estimate of drug-likeness (QED) is 0.801. The van der Waals surface area contributed by atoms with Crippen LogP contribution in [0.1, 0.15) is 35.0 Å². The highest BCUT2D eigenvalue weighted by atomic mass is 35.5. The van der Waals surface area contributed by atoms with E-state index in [1.165, 1.54) is 11.3 Å². The molecule has 6 nitrogen and oxygen atoms in total. The fourth-order valence-corrected chi connectivity index (χ4v) is 3.40. The van der Waals surface area contributed by atoms with Gasteiger partial charge in [-0.3, -0.25) is 0 Å². The third-order valence-electron chi connectivity index (χ3n) is 3.54. The first-order valence-corrected chi connectivity index (χ1v) is 8.29. The number of halogens is 1. The van der Waals surface area contributed by atoms with E-state index in [-0.39, 0.29) is 0 Å². The summed E-state index contributed by atoms with van der Waals surface area (Å²) in [7, 11) is 0. The Morgan fingerprint density at radius 1 is 1.50 bits per heavy atom. The minimum atomic E-state index is -0.402. The van der Waals surface area contributed by atoms with Crippen molar-refractivity contribution in [3.05, 3.63) is 27.4 Å². The van der Waals surface area contributed by atoms with E-state index in [1.807, 2.05) is 11.8 Å². The molecule has 0 saturated heterocycles. The molecule has 2 aromatic rings. The van der Waals surface area contributed by atoms with Crippen LogP contribution in [0.4, 0.5) is 10.9 Å². The van der Waals surface area contributed by atoms with Crippen LogP contribution in [0.3, 0.4) is 0 Å². The van der Waals surface area contributed by atoms with Gasteiger partial charge in [0, 0.05) is 17.5 Å². The van der Waals surface area contributed by atoms with Crippen molar-refractivity contribution < 1.29 is 9.53 Å². The van der Waals surface area contributed by atoms with Crippen molar-refractivity contribution in [2.45, 2.75) is 26.7 Å². The molecule has 8 heteroatoms. The van der Waals surface area contributed by atoms with Gasteiger partial charge in [-0.05, 0) is 32.3 Å². The number of carbonyl (C=O) groups excluding carboxylic acids is 1. The molecule has 0 radical (unpaired) electrons. The molecule has 0 atom stereocenters. The number of carbonyl (C=O) groups is 1. The average Bonchev–Trinajstić information content (AvgIpc) is 3.01. The summed E-state index contributed by atoms with van der Waals surface area (Å²) < 4.78 is 4.97. The lowest BCUT2D eigenvalue weighted by atomic mass is 10.0. The van der Waals surface area contributed by atoms with Crippen molar-refractivity contribution in [2.75, 3.05) is 18.1 Å². The molecule has 116 valence electrons. The normalized spacial score (nSPS) is 13.9. The van der Waals surface area contributed by atoms with Crippen LogP contribution < -0.4 is 4.90 Å². The highest BCUT2D eigenvalue weighted by Gasteiger charge is 2.26. The molecule has 1 aliphatic heterocycles. The predicted octanol–water partition coefficient (Wildman–Crippen LogP) is 3.16. The Kier molecular flexibility index (Phi) is 4.26. The zero-order valence-electron chi connectivity index (χ0n) is 12.3. The maximum atomic E-state index is 11.7.